The Morgan fingerprint density at radius 1 is 0.674 bits per heavy atom. The van der Waals surface area contributed by atoms with Gasteiger partial charge in [0.25, 0.3) is 0 Å². The predicted octanol–water partition coefficient (Wildman–Crippen LogP) is 8.98. The number of ether oxygens (including phenoxy) is 2. The minimum absolute atomic E-state index is 0.0389. The zero-order valence-electron chi connectivity index (χ0n) is 28.6. The van der Waals surface area contributed by atoms with E-state index in [0.29, 0.717) is 19.3 Å². The zero-order chi connectivity index (χ0) is 34.1. The lowest BCUT2D eigenvalue weighted by molar-refractivity contribution is -0.161. The molecule has 2 atom stereocenters. The number of carbonyl (C=O) groups is 2. The molecule has 0 saturated carbocycles. The van der Waals surface area contributed by atoms with E-state index in [1.165, 1.54) is 57.8 Å². The molecule has 0 aromatic carbocycles. The number of phosphoric acid groups is 1. The Kier molecular flexibility index (Phi) is 30.2. The summed E-state index contributed by atoms with van der Waals surface area (Å²) in [7, 11) is -4.79. The normalized spacial score (nSPS) is 13.8. The van der Waals surface area contributed by atoms with Crippen molar-refractivity contribution in [3.63, 3.8) is 0 Å². The molecule has 0 aromatic heterocycles. The molecule has 10 heteroatoms. The summed E-state index contributed by atoms with van der Waals surface area (Å²) in [4.78, 5) is 42.5. The number of hydrogen-bond donors (Lipinski definition) is 3. The van der Waals surface area contributed by atoms with Crippen LogP contribution in [-0.4, -0.2) is 52.3 Å². The van der Waals surface area contributed by atoms with Crippen LogP contribution < -0.4 is 0 Å². The minimum Gasteiger partial charge on any atom is -0.462 e. The summed E-state index contributed by atoms with van der Waals surface area (Å²) in [6.45, 7) is 3.44. The van der Waals surface area contributed by atoms with Crippen LogP contribution in [-0.2, 0) is 28.2 Å². The minimum atomic E-state index is -4.79. The lowest BCUT2D eigenvalue weighted by Crippen LogP contribution is -2.29. The van der Waals surface area contributed by atoms with Gasteiger partial charge in [-0.05, 0) is 44.9 Å². The molecule has 0 unspecified atom stereocenters. The topological polar surface area (TPSA) is 140 Å². The van der Waals surface area contributed by atoms with Gasteiger partial charge in [0.1, 0.15) is 6.61 Å². The predicted molar refractivity (Wildman–Crippen MR) is 185 cm³/mol. The molecule has 266 valence electrons. The number of rotatable bonds is 31. The van der Waals surface area contributed by atoms with E-state index < -0.39 is 38.6 Å². The highest BCUT2D eigenvalue weighted by atomic mass is 31.2. The second-order valence-electron chi connectivity index (χ2n) is 11.7. The fraction of sp³-hybridized carbons (Fsp3) is 0.722. The van der Waals surface area contributed by atoms with Gasteiger partial charge in [-0.3, -0.25) is 14.1 Å². The van der Waals surface area contributed by atoms with E-state index >= 15 is 0 Å². The molecule has 0 aliphatic carbocycles. The smallest absolute Gasteiger partial charge is 0.462 e. The number of phosphoric ester groups is 1. The molecule has 9 nitrogen and oxygen atoms in total. The van der Waals surface area contributed by atoms with Crippen molar-refractivity contribution in [3.8, 4) is 0 Å². The first-order chi connectivity index (χ1) is 22.2. The third-order valence-corrected chi connectivity index (χ3v) is 7.69. The molecule has 0 saturated heterocycles. The second kappa shape index (κ2) is 31.6. The van der Waals surface area contributed by atoms with Crippen molar-refractivity contribution in [3.05, 3.63) is 48.6 Å². The molecule has 0 aliphatic heterocycles. The van der Waals surface area contributed by atoms with Gasteiger partial charge in [-0.1, -0.05) is 133 Å². The second-order valence-corrected chi connectivity index (χ2v) is 12.9. The van der Waals surface area contributed by atoms with Crippen molar-refractivity contribution >= 4 is 19.8 Å². The van der Waals surface area contributed by atoms with Crippen LogP contribution in [0.3, 0.4) is 0 Å². The van der Waals surface area contributed by atoms with Gasteiger partial charge < -0.3 is 24.4 Å². The Morgan fingerprint density at radius 2 is 1.24 bits per heavy atom. The fourth-order valence-corrected chi connectivity index (χ4v) is 4.89. The maximum atomic E-state index is 12.3. The van der Waals surface area contributed by atoms with E-state index in [0.717, 1.165) is 38.5 Å². The lowest BCUT2D eigenvalue weighted by Gasteiger charge is -2.18. The van der Waals surface area contributed by atoms with Gasteiger partial charge in [0.2, 0.25) is 0 Å². The van der Waals surface area contributed by atoms with Crippen molar-refractivity contribution in [2.75, 3.05) is 13.2 Å². The van der Waals surface area contributed by atoms with Gasteiger partial charge in [0, 0.05) is 12.8 Å². The Hall–Kier alpha value is -2.03. The van der Waals surface area contributed by atoms with Gasteiger partial charge >= 0.3 is 19.8 Å². The maximum Gasteiger partial charge on any atom is 0.469 e. The number of hydrogen-bond acceptors (Lipinski definition) is 7. The number of allylic oxidation sites excluding steroid dienone is 7. The van der Waals surface area contributed by atoms with Crippen LogP contribution in [0.5, 0.6) is 0 Å². The summed E-state index contributed by atoms with van der Waals surface area (Å²) < 4.78 is 26.1. The highest BCUT2D eigenvalue weighted by Crippen LogP contribution is 2.35. The average Bonchev–Trinajstić information content (AvgIpc) is 3.01. The fourth-order valence-electron chi connectivity index (χ4n) is 4.53. The molecule has 0 amide bonds. The molecule has 0 bridgehead atoms. The van der Waals surface area contributed by atoms with Crippen molar-refractivity contribution in [2.45, 2.75) is 154 Å². The van der Waals surface area contributed by atoms with E-state index in [9.17, 15) is 19.3 Å². The van der Waals surface area contributed by atoms with Gasteiger partial charge in [0.05, 0.1) is 12.7 Å². The number of esters is 2. The molecule has 0 heterocycles. The Labute approximate surface area is 278 Å². The average molecular weight is 671 g/mol. The first-order valence-electron chi connectivity index (χ1n) is 17.5. The molecule has 0 aromatic rings. The van der Waals surface area contributed by atoms with Gasteiger partial charge in [-0.2, -0.15) is 0 Å². The molecule has 3 N–H and O–H groups in total. The highest BCUT2D eigenvalue weighted by molar-refractivity contribution is 7.46. The zero-order valence-corrected chi connectivity index (χ0v) is 29.5. The number of carbonyl (C=O) groups excluding carboxylic acids is 2. The standard InChI is InChI=1S/C36H63O9P/c1-3-5-7-9-11-13-15-16-17-18-20-22-24-27-33(37)28-26-30-35(38)43-31-34(32-44-46(40,41)42)45-36(39)29-25-23-21-19-14-12-10-8-6-4-2/h11,13,16-17,20,22,24,27,33-34,37H,3-10,12,14-15,18-19,21,23,25-26,28-32H2,1-2H3,(H2,40,41,42)/b13-11-,17-16-,22-20-,27-24+/t33-,34-/m1/s1. The molecule has 0 fully saturated rings. The third-order valence-electron chi connectivity index (χ3n) is 7.20. The van der Waals surface area contributed by atoms with E-state index in [-0.39, 0.29) is 19.4 Å². The summed E-state index contributed by atoms with van der Waals surface area (Å²) in [5, 5.41) is 10.1. The van der Waals surface area contributed by atoms with Crippen LogP contribution in [0.25, 0.3) is 0 Å². The van der Waals surface area contributed by atoms with Gasteiger partial charge in [-0.25, -0.2) is 4.57 Å². The van der Waals surface area contributed by atoms with Crippen LogP contribution >= 0.6 is 7.82 Å². The van der Waals surface area contributed by atoms with E-state index in [1.54, 1.807) is 12.2 Å². The summed E-state index contributed by atoms with van der Waals surface area (Å²) in [6, 6.07) is 0. The van der Waals surface area contributed by atoms with Crippen LogP contribution in [0.4, 0.5) is 0 Å². The molecule has 0 aliphatic rings. The van der Waals surface area contributed by atoms with Gasteiger partial charge in [0.15, 0.2) is 6.10 Å². The summed E-state index contributed by atoms with van der Waals surface area (Å²) in [5.74, 6) is -1.09. The largest absolute Gasteiger partial charge is 0.469 e. The Balaban J connectivity index is 4.22. The quantitative estimate of drug-likeness (QED) is 0.0217. The first kappa shape index (κ1) is 44.0. The van der Waals surface area contributed by atoms with E-state index in [1.807, 2.05) is 12.2 Å². The number of aliphatic hydroxyl groups is 1. The summed E-state index contributed by atoms with van der Waals surface area (Å²) in [5.41, 5.74) is 0. The van der Waals surface area contributed by atoms with Crippen LogP contribution in [0.2, 0.25) is 0 Å². The van der Waals surface area contributed by atoms with Crippen molar-refractivity contribution < 1.29 is 43.0 Å². The monoisotopic (exact) mass is 670 g/mol. The van der Waals surface area contributed by atoms with Crippen LogP contribution in [0, 0.1) is 0 Å². The van der Waals surface area contributed by atoms with E-state index in [4.69, 9.17) is 19.3 Å². The molecular weight excluding hydrogens is 607 g/mol. The summed E-state index contributed by atoms with van der Waals surface area (Å²) >= 11 is 0. The highest BCUT2D eigenvalue weighted by Gasteiger charge is 2.23. The number of unbranched alkanes of at least 4 members (excludes halogenated alkanes) is 12. The molecule has 0 spiro atoms. The van der Waals surface area contributed by atoms with Crippen molar-refractivity contribution in [1.82, 2.24) is 0 Å². The van der Waals surface area contributed by atoms with E-state index in [2.05, 4.69) is 42.7 Å². The Morgan fingerprint density at radius 3 is 1.89 bits per heavy atom. The molecule has 46 heavy (non-hydrogen) atoms. The Bertz CT molecular complexity index is 907. The lowest BCUT2D eigenvalue weighted by atomic mass is 10.1. The van der Waals surface area contributed by atoms with Crippen LogP contribution in [0.1, 0.15) is 142 Å². The van der Waals surface area contributed by atoms with Crippen molar-refractivity contribution in [2.24, 2.45) is 0 Å². The third kappa shape index (κ3) is 33.3. The first-order valence-corrected chi connectivity index (χ1v) is 19.1. The molecular formula is C36H63O9P. The van der Waals surface area contributed by atoms with Gasteiger partial charge in [-0.15, -0.1) is 0 Å². The summed E-state index contributed by atoms with van der Waals surface area (Å²) in [6.07, 6.45) is 33.0. The van der Waals surface area contributed by atoms with Crippen LogP contribution in [0.15, 0.2) is 48.6 Å². The maximum absolute atomic E-state index is 12.3. The molecule has 0 rings (SSSR count). The van der Waals surface area contributed by atoms with Crippen molar-refractivity contribution in [1.29, 1.82) is 0 Å². The number of aliphatic hydroxyl groups excluding tert-OH is 1. The SMILES string of the molecule is CCCCC/C=C\C/C=C\C/C=C\C=C\[C@@H](O)CCCC(=O)OC[C@H](COP(=O)(O)O)OC(=O)CCCCCCCCCCCC. The molecule has 0 radical (unpaired) electrons.